The molecule has 37 heavy (non-hydrogen) atoms. The van der Waals surface area contributed by atoms with Gasteiger partial charge in [-0.2, -0.15) is 0 Å². The first kappa shape index (κ1) is 28.7. The summed E-state index contributed by atoms with van der Waals surface area (Å²) in [7, 11) is 0. The van der Waals surface area contributed by atoms with Crippen LogP contribution in [0.15, 0.2) is 48.5 Å². The first-order chi connectivity index (χ1) is 17.4. The maximum Gasteiger partial charge on any atom is 1.00 e. The number of carboxylic acids is 1. The van der Waals surface area contributed by atoms with Gasteiger partial charge in [-0.15, -0.1) is 0 Å². The summed E-state index contributed by atoms with van der Waals surface area (Å²) in [5, 5.41) is 17.4. The number of amides is 2. The van der Waals surface area contributed by atoms with Crippen LogP contribution in [0.2, 0.25) is 0 Å². The summed E-state index contributed by atoms with van der Waals surface area (Å²) in [5.74, 6) is -0.494. The number of nitrogens with one attached hydrogen (secondary N) is 3. The number of aryl methyl sites for hydroxylation is 1. The van der Waals surface area contributed by atoms with Crippen LogP contribution in [0.3, 0.4) is 0 Å². The maximum atomic E-state index is 12.7. The number of aromatic nitrogens is 2. The van der Waals surface area contributed by atoms with E-state index in [-0.39, 0.29) is 60.8 Å². The van der Waals surface area contributed by atoms with Gasteiger partial charge in [-0.25, -0.2) is 4.98 Å². The van der Waals surface area contributed by atoms with Crippen molar-refractivity contribution in [3.05, 3.63) is 54.1 Å². The number of hydrogen-bond acceptors (Lipinski definition) is 6. The Labute approximate surface area is 238 Å². The minimum atomic E-state index is -1.15. The number of aliphatic carboxylic acids is 1. The largest absolute Gasteiger partial charge is 1.00 e. The van der Waals surface area contributed by atoms with Crippen LogP contribution in [0.1, 0.15) is 44.6 Å². The van der Waals surface area contributed by atoms with Crippen molar-refractivity contribution in [2.24, 2.45) is 5.92 Å². The number of anilines is 2. The minimum absolute atomic E-state index is 0. The molecule has 1 aliphatic carbocycles. The molecule has 1 aromatic heterocycles. The topological polar surface area (TPSA) is 130 Å². The van der Waals surface area contributed by atoms with E-state index in [1.165, 1.54) is 11.8 Å². The van der Waals surface area contributed by atoms with Crippen molar-refractivity contribution in [1.29, 1.82) is 0 Å². The SMILES string of the molecule is CC(=O)N(CC(=O)NCC1CCC(Nc2nc3ccccc3[nH]2)CC1)c1ccccc1CCC(=O)[O-].[Na+]. The van der Waals surface area contributed by atoms with Gasteiger partial charge in [0, 0.05) is 31.2 Å². The second-order valence-electron chi connectivity index (χ2n) is 9.37. The molecule has 190 valence electrons. The van der Waals surface area contributed by atoms with E-state index in [2.05, 4.69) is 20.6 Å². The zero-order chi connectivity index (χ0) is 25.5. The number of hydrogen-bond donors (Lipinski definition) is 3. The van der Waals surface area contributed by atoms with Gasteiger partial charge in [-0.3, -0.25) is 9.59 Å². The van der Waals surface area contributed by atoms with E-state index < -0.39 is 5.97 Å². The summed E-state index contributed by atoms with van der Waals surface area (Å²) >= 11 is 0. The van der Waals surface area contributed by atoms with Crippen molar-refractivity contribution in [3.63, 3.8) is 0 Å². The predicted octanol–water partition coefficient (Wildman–Crippen LogP) is -0.611. The number of benzene rings is 2. The van der Waals surface area contributed by atoms with Crippen LogP contribution in [0.4, 0.5) is 11.6 Å². The molecule has 1 saturated carbocycles. The molecule has 0 radical (unpaired) electrons. The van der Waals surface area contributed by atoms with Crippen LogP contribution in [0, 0.1) is 5.92 Å². The number of nitrogens with zero attached hydrogens (tertiary/aromatic N) is 2. The number of rotatable bonds is 10. The quantitative estimate of drug-likeness (QED) is 0.310. The Balaban J connectivity index is 0.00000380. The fourth-order valence-electron chi connectivity index (χ4n) is 4.77. The Morgan fingerprint density at radius 1 is 1.05 bits per heavy atom. The van der Waals surface area contributed by atoms with Crippen molar-refractivity contribution in [2.75, 3.05) is 23.3 Å². The summed E-state index contributed by atoms with van der Waals surface area (Å²) < 4.78 is 0. The third-order valence-corrected chi connectivity index (χ3v) is 6.73. The van der Waals surface area contributed by atoms with Crippen molar-refractivity contribution in [2.45, 2.75) is 51.5 Å². The van der Waals surface area contributed by atoms with E-state index in [4.69, 9.17) is 0 Å². The Morgan fingerprint density at radius 2 is 1.76 bits per heavy atom. The molecule has 0 bridgehead atoms. The minimum Gasteiger partial charge on any atom is -0.550 e. The standard InChI is InChI=1S/C27H33N5O4.Na/c1-18(33)32(24-9-5-2-6-20(24)12-15-26(35)36)17-25(34)28-16-19-10-13-21(14-11-19)29-27-30-22-7-3-4-8-23(22)31-27;/h2-9,19,21H,10-17H2,1H3,(H,28,34)(H,35,36)(H2,29,30,31);/q;+1/p-1. The van der Waals surface area contributed by atoms with E-state index in [1.54, 1.807) is 24.3 Å². The summed E-state index contributed by atoms with van der Waals surface area (Å²) in [6.45, 7) is 1.86. The van der Waals surface area contributed by atoms with E-state index in [0.29, 0.717) is 29.8 Å². The summed E-state index contributed by atoms with van der Waals surface area (Å²) in [6, 6.07) is 15.3. The summed E-state index contributed by atoms with van der Waals surface area (Å²) in [5.41, 5.74) is 3.20. The monoisotopic (exact) mass is 513 g/mol. The van der Waals surface area contributed by atoms with Crippen LogP contribution in [-0.2, 0) is 20.8 Å². The molecule has 1 aliphatic rings. The van der Waals surface area contributed by atoms with Crippen molar-refractivity contribution in [1.82, 2.24) is 15.3 Å². The molecule has 0 saturated heterocycles. The number of H-pyrrole nitrogens is 1. The molecule has 0 spiro atoms. The molecular formula is C27H32N5NaO4. The van der Waals surface area contributed by atoms with E-state index >= 15 is 0 Å². The molecule has 3 aromatic rings. The molecule has 4 rings (SSSR count). The molecule has 0 aliphatic heterocycles. The third kappa shape index (κ3) is 8.05. The molecule has 1 fully saturated rings. The Bertz CT molecular complexity index is 1190. The van der Waals surface area contributed by atoms with Crippen LogP contribution >= 0.6 is 0 Å². The number of imidazole rings is 1. The number of carbonyl (C=O) groups is 3. The molecule has 2 aromatic carbocycles. The van der Waals surface area contributed by atoms with Crippen LogP contribution in [0.25, 0.3) is 11.0 Å². The fraction of sp³-hybridized carbons (Fsp3) is 0.407. The molecule has 1 heterocycles. The average Bonchev–Trinajstić information content (AvgIpc) is 3.28. The molecule has 10 heteroatoms. The number of carbonyl (C=O) groups excluding carboxylic acids is 3. The van der Waals surface area contributed by atoms with Gasteiger partial charge in [-0.05, 0) is 68.2 Å². The zero-order valence-corrected chi connectivity index (χ0v) is 23.5. The zero-order valence-electron chi connectivity index (χ0n) is 21.5. The number of carboxylic acid groups (broad SMARTS) is 1. The number of aromatic amines is 1. The Hall–Kier alpha value is -2.88. The van der Waals surface area contributed by atoms with Crippen LogP contribution in [0.5, 0.6) is 0 Å². The maximum absolute atomic E-state index is 12.7. The van der Waals surface area contributed by atoms with E-state index in [9.17, 15) is 19.5 Å². The van der Waals surface area contributed by atoms with Gasteiger partial charge in [0.1, 0.15) is 6.54 Å². The number of para-hydroxylation sites is 3. The first-order valence-corrected chi connectivity index (χ1v) is 12.4. The van der Waals surface area contributed by atoms with Gasteiger partial charge in [0.05, 0.1) is 11.0 Å². The average molecular weight is 514 g/mol. The van der Waals surface area contributed by atoms with Gasteiger partial charge in [-0.1, -0.05) is 30.3 Å². The molecule has 2 amide bonds. The van der Waals surface area contributed by atoms with Gasteiger partial charge >= 0.3 is 29.6 Å². The number of fused-ring (bicyclic) bond motifs is 1. The van der Waals surface area contributed by atoms with Crippen molar-refractivity contribution >= 4 is 40.5 Å². The molecular weight excluding hydrogens is 481 g/mol. The van der Waals surface area contributed by atoms with E-state index in [1.807, 2.05) is 24.3 Å². The van der Waals surface area contributed by atoms with Crippen molar-refractivity contribution in [3.8, 4) is 0 Å². The third-order valence-electron chi connectivity index (χ3n) is 6.73. The molecule has 9 nitrogen and oxygen atoms in total. The molecule has 0 atom stereocenters. The van der Waals surface area contributed by atoms with Gasteiger partial charge in [0.2, 0.25) is 17.8 Å². The Morgan fingerprint density at radius 3 is 2.46 bits per heavy atom. The molecule has 0 unspecified atom stereocenters. The normalized spacial score (nSPS) is 17.0. The first-order valence-electron chi connectivity index (χ1n) is 12.4. The van der Waals surface area contributed by atoms with Gasteiger partial charge < -0.3 is 30.4 Å². The predicted molar refractivity (Wildman–Crippen MR) is 136 cm³/mol. The summed E-state index contributed by atoms with van der Waals surface area (Å²) in [6.07, 6.45) is 4.03. The van der Waals surface area contributed by atoms with Gasteiger partial charge in [0.15, 0.2) is 0 Å². The van der Waals surface area contributed by atoms with Crippen LogP contribution in [-0.4, -0.2) is 46.9 Å². The van der Waals surface area contributed by atoms with Crippen LogP contribution < -0.4 is 50.2 Å². The second-order valence-corrected chi connectivity index (χ2v) is 9.37. The Kier molecular flexibility index (Phi) is 10.5. The van der Waals surface area contributed by atoms with Crippen molar-refractivity contribution < 1.29 is 49.0 Å². The molecule has 3 N–H and O–H groups in total. The summed E-state index contributed by atoms with van der Waals surface area (Å²) in [4.78, 5) is 45.2. The van der Waals surface area contributed by atoms with Gasteiger partial charge in [0.25, 0.3) is 0 Å². The second kappa shape index (κ2) is 13.6. The van der Waals surface area contributed by atoms with E-state index in [0.717, 1.165) is 42.7 Å². The fourth-order valence-corrected chi connectivity index (χ4v) is 4.77. The smallest absolute Gasteiger partial charge is 0.550 e.